The summed E-state index contributed by atoms with van der Waals surface area (Å²) < 4.78 is 0. The summed E-state index contributed by atoms with van der Waals surface area (Å²) in [5, 5.41) is 9.16. The predicted octanol–water partition coefficient (Wildman–Crippen LogP) is 1.06. The third-order valence-electron chi connectivity index (χ3n) is 2.93. The smallest absolute Gasteiger partial charge is 0.0524 e. The molecule has 0 amide bonds. The fourth-order valence-corrected chi connectivity index (χ4v) is 1.46. The standard InChI is InChI=1S/C11H26N2O/c1-5-11(3,8-12)9-13(4)7-6-10(2)14/h10,14H,5-9,12H2,1-4H3. The monoisotopic (exact) mass is 202 g/mol. The summed E-state index contributed by atoms with van der Waals surface area (Å²) in [4.78, 5) is 2.25. The summed E-state index contributed by atoms with van der Waals surface area (Å²) in [6.45, 7) is 8.89. The molecular formula is C11H26N2O. The van der Waals surface area contributed by atoms with Crippen LogP contribution in [0.15, 0.2) is 0 Å². The van der Waals surface area contributed by atoms with Crippen LogP contribution in [0.5, 0.6) is 0 Å². The van der Waals surface area contributed by atoms with Gasteiger partial charge in [-0.2, -0.15) is 0 Å². The minimum absolute atomic E-state index is 0.205. The topological polar surface area (TPSA) is 49.5 Å². The molecule has 3 N–H and O–H groups in total. The fourth-order valence-electron chi connectivity index (χ4n) is 1.46. The van der Waals surface area contributed by atoms with E-state index in [1.165, 1.54) is 0 Å². The van der Waals surface area contributed by atoms with Gasteiger partial charge in [0.25, 0.3) is 0 Å². The molecule has 14 heavy (non-hydrogen) atoms. The van der Waals surface area contributed by atoms with Crippen molar-refractivity contribution in [3.8, 4) is 0 Å². The van der Waals surface area contributed by atoms with Gasteiger partial charge in [-0.1, -0.05) is 13.8 Å². The molecule has 0 aromatic carbocycles. The number of nitrogens with two attached hydrogens (primary N) is 1. The number of nitrogens with zero attached hydrogens (tertiary/aromatic N) is 1. The highest BCUT2D eigenvalue weighted by Gasteiger charge is 2.21. The molecule has 0 aliphatic carbocycles. The van der Waals surface area contributed by atoms with Crippen LogP contribution in [0.4, 0.5) is 0 Å². The molecule has 0 saturated carbocycles. The van der Waals surface area contributed by atoms with Crippen LogP contribution < -0.4 is 5.73 Å². The van der Waals surface area contributed by atoms with Crippen molar-refractivity contribution in [3.05, 3.63) is 0 Å². The SMILES string of the molecule is CCC(C)(CN)CN(C)CCC(C)O. The highest BCUT2D eigenvalue weighted by Crippen LogP contribution is 2.20. The van der Waals surface area contributed by atoms with Crippen molar-refractivity contribution >= 4 is 0 Å². The van der Waals surface area contributed by atoms with Crippen LogP contribution in [0, 0.1) is 5.41 Å². The maximum absolute atomic E-state index is 9.16. The average Bonchev–Trinajstić information content (AvgIpc) is 2.14. The van der Waals surface area contributed by atoms with Crippen LogP contribution in [-0.2, 0) is 0 Å². The van der Waals surface area contributed by atoms with E-state index in [9.17, 15) is 0 Å². The molecule has 0 aromatic heterocycles. The Balaban J connectivity index is 3.85. The minimum Gasteiger partial charge on any atom is -0.393 e. The Kier molecular flexibility index (Phi) is 6.33. The van der Waals surface area contributed by atoms with Gasteiger partial charge in [-0.25, -0.2) is 0 Å². The average molecular weight is 202 g/mol. The molecule has 0 saturated heterocycles. The third kappa shape index (κ3) is 5.58. The van der Waals surface area contributed by atoms with Crippen molar-refractivity contribution in [1.29, 1.82) is 0 Å². The van der Waals surface area contributed by atoms with Gasteiger partial charge in [0.15, 0.2) is 0 Å². The highest BCUT2D eigenvalue weighted by molar-refractivity contribution is 4.77. The Morgan fingerprint density at radius 2 is 2.07 bits per heavy atom. The van der Waals surface area contributed by atoms with Gasteiger partial charge in [0.1, 0.15) is 0 Å². The van der Waals surface area contributed by atoms with E-state index in [0.717, 1.165) is 32.5 Å². The summed E-state index contributed by atoms with van der Waals surface area (Å²) in [5.41, 5.74) is 5.96. The third-order valence-corrected chi connectivity index (χ3v) is 2.93. The minimum atomic E-state index is -0.205. The summed E-state index contributed by atoms with van der Waals surface area (Å²) in [5.74, 6) is 0. The number of aliphatic hydroxyl groups is 1. The van der Waals surface area contributed by atoms with Gasteiger partial charge >= 0.3 is 0 Å². The quantitative estimate of drug-likeness (QED) is 0.649. The zero-order chi connectivity index (χ0) is 11.2. The molecule has 0 aromatic rings. The first-order chi connectivity index (χ1) is 6.43. The second-order valence-corrected chi connectivity index (χ2v) is 4.74. The lowest BCUT2D eigenvalue weighted by atomic mass is 9.87. The first-order valence-electron chi connectivity index (χ1n) is 5.50. The highest BCUT2D eigenvalue weighted by atomic mass is 16.3. The molecule has 0 spiro atoms. The molecule has 0 heterocycles. The van der Waals surface area contributed by atoms with E-state index >= 15 is 0 Å². The zero-order valence-electron chi connectivity index (χ0n) is 10.1. The summed E-state index contributed by atoms with van der Waals surface area (Å²) in [6.07, 6.45) is 1.73. The molecular weight excluding hydrogens is 176 g/mol. The first kappa shape index (κ1) is 13.9. The number of aliphatic hydroxyl groups excluding tert-OH is 1. The van der Waals surface area contributed by atoms with E-state index in [1.807, 2.05) is 6.92 Å². The van der Waals surface area contributed by atoms with E-state index in [4.69, 9.17) is 10.8 Å². The maximum Gasteiger partial charge on any atom is 0.0524 e. The van der Waals surface area contributed by atoms with Gasteiger partial charge < -0.3 is 15.7 Å². The lowest BCUT2D eigenvalue weighted by Gasteiger charge is -2.32. The fraction of sp³-hybridized carbons (Fsp3) is 1.00. The van der Waals surface area contributed by atoms with Crippen LogP contribution in [0.25, 0.3) is 0 Å². The Bertz CT molecular complexity index is 144. The molecule has 0 aliphatic heterocycles. The molecule has 3 heteroatoms. The summed E-state index contributed by atoms with van der Waals surface area (Å²) in [6, 6.07) is 0. The van der Waals surface area contributed by atoms with Crippen LogP contribution in [0.1, 0.15) is 33.6 Å². The molecule has 86 valence electrons. The van der Waals surface area contributed by atoms with Crippen molar-refractivity contribution in [2.24, 2.45) is 11.1 Å². The molecule has 0 radical (unpaired) electrons. The zero-order valence-corrected chi connectivity index (χ0v) is 10.1. The maximum atomic E-state index is 9.16. The van der Waals surface area contributed by atoms with Gasteiger partial charge in [-0.05, 0) is 38.8 Å². The van der Waals surface area contributed by atoms with Gasteiger partial charge in [-0.15, -0.1) is 0 Å². The molecule has 3 nitrogen and oxygen atoms in total. The van der Waals surface area contributed by atoms with Crippen molar-refractivity contribution in [2.75, 3.05) is 26.7 Å². The molecule has 0 rings (SSSR count). The van der Waals surface area contributed by atoms with Gasteiger partial charge in [0.05, 0.1) is 6.10 Å². The normalized spacial score (nSPS) is 18.2. The predicted molar refractivity (Wildman–Crippen MR) is 61.2 cm³/mol. The van der Waals surface area contributed by atoms with E-state index in [2.05, 4.69) is 25.8 Å². The molecule has 2 unspecified atom stereocenters. The van der Waals surface area contributed by atoms with Crippen molar-refractivity contribution in [3.63, 3.8) is 0 Å². The van der Waals surface area contributed by atoms with Crippen LogP contribution in [-0.4, -0.2) is 42.8 Å². The van der Waals surface area contributed by atoms with Crippen molar-refractivity contribution in [1.82, 2.24) is 4.90 Å². The second-order valence-electron chi connectivity index (χ2n) is 4.74. The second kappa shape index (κ2) is 6.38. The van der Waals surface area contributed by atoms with Crippen molar-refractivity contribution in [2.45, 2.75) is 39.7 Å². The molecule has 0 fully saturated rings. The van der Waals surface area contributed by atoms with E-state index in [1.54, 1.807) is 0 Å². The van der Waals surface area contributed by atoms with Crippen molar-refractivity contribution < 1.29 is 5.11 Å². The van der Waals surface area contributed by atoms with Gasteiger partial charge in [0, 0.05) is 13.1 Å². The molecule has 0 bridgehead atoms. The van der Waals surface area contributed by atoms with Crippen LogP contribution in [0.2, 0.25) is 0 Å². The van der Waals surface area contributed by atoms with Crippen LogP contribution in [0.3, 0.4) is 0 Å². The first-order valence-corrected chi connectivity index (χ1v) is 5.50. The van der Waals surface area contributed by atoms with Gasteiger partial charge in [-0.3, -0.25) is 0 Å². The van der Waals surface area contributed by atoms with E-state index in [-0.39, 0.29) is 11.5 Å². The lowest BCUT2D eigenvalue weighted by molar-refractivity contribution is 0.141. The Labute approximate surface area is 88.3 Å². The number of hydrogen-bond acceptors (Lipinski definition) is 3. The number of rotatable bonds is 7. The lowest BCUT2D eigenvalue weighted by Crippen LogP contribution is -2.39. The Hall–Kier alpha value is -0.120. The largest absolute Gasteiger partial charge is 0.393 e. The number of hydrogen-bond donors (Lipinski definition) is 2. The van der Waals surface area contributed by atoms with E-state index in [0.29, 0.717) is 0 Å². The molecule has 2 atom stereocenters. The summed E-state index contributed by atoms with van der Waals surface area (Å²) >= 11 is 0. The van der Waals surface area contributed by atoms with Crippen LogP contribution >= 0.6 is 0 Å². The molecule has 0 aliphatic rings. The Morgan fingerprint density at radius 1 is 1.50 bits per heavy atom. The Morgan fingerprint density at radius 3 is 2.43 bits per heavy atom. The van der Waals surface area contributed by atoms with Gasteiger partial charge in [0.2, 0.25) is 0 Å². The van der Waals surface area contributed by atoms with E-state index < -0.39 is 0 Å². The summed E-state index contributed by atoms with van der Waals surface area (Å²) in [7, 11) is 2.09.